The van der Waals surface area contributed by atoms with Gasteiger partial charge < -0.3 is 19.9 Å². The highest BCUT2D eigenvalue weighted by atomic mass is 32.1. The Morgan fingerprint density at radius 2 is 2.22 bits per heavy atom. The highest BCUT2D eigenvalue weighted by Crippen LogP contribution is 2.40. The summed E-state index contributed by atoms with van der Waals surface area (Å²) in [7, 11) is 1.81. The van der Waals surface area contributed by atoms with Crippen LogP contribution in [0.3, 0.4) is 0 Å². The number of rotatable bonds is 4. The molecule has 1 spiro atoms. The van der Waals surface area contributed by atoms with Gasteiger partial charge in [0.15, 0.2) is 5.13 Å². The number of hydrogen-bond donors (Lipinski definition) is 1. The molecule has 3 saturated heterocycles. The average molecular weight is 393 g/mol. The quantitative estimate of drug-likeness (QED) is 0.850. The summed E-state index contributed by atoms with van der Waals surface area (Å²) in [5.74, 6) is 0.280. The van der Waals surface area contributed by atoms with Crippen molar-refractivity contribution in [1.29, 1.82) is 0 Å². The van der Waals surface area contributed by atoms with E-state index in [1.807, 2.05) is 22.2 Å². The molecule has 4 heterocycles. The molecule has 3 aliphatic heterocycles. The molecule has 8 heteroatoms. The first-order chi connectivity index (χ1) is 13.1. The lowest BCUT2D eigenvalue weighted by molar-refractivity contribution is -0.141. The largest absolute Gasteiger partial charge is 0.376 e. The van der Waals surface area contributed by atoms with Gasteiger partial charge in [0.05, 0.1) is 6.10 Å². The van der Waals surface area contributed by atoms with Crippen LogP contribution in [0.25, 0.3) is 0 Å². The lowest BCUT2D eigenvalue weighted by Crippen LogP contribution is -2.53. The first kappa shape index (κ1) is 18.7. The van der Waals surface area contributed by atoms with E-state index in [4.69, 9.17) is 4.74 Å². The molecule has 0 radical (unpaired) electrons. The predicted molar refractivity (Wildman–Crippen MR) is 104 cm³/mol. The van der Waals surface area contributed by atoms with Crippen molar-refractivity contribution in [2.24, 2.45) is 5.41 Å². The zero-order valence-corrected chi connectivity index (χ0v) is 16.7. The van der Waals surface area contributed by atoms with Crippen LogP contribution < -0.4 is 5.32 Å². The van der Waals surface area contributed by atoms with Crippen LogP contribution >= 0.6 is 11.3 Å². The molecular formula is C19H28N4O3S. The summed E-state index contributed by atoms with van der Waals surface area (Å²) in [6.45, 7) is 3.85. The minimum atomic E-state index is 0.0192. The standard InChI is InChI=1S/C19H28N4O3S/c1-20-18-21-15(12-27-18)17(25)22-8-6-19(7-9-22)5-4-16(24)23(13-19)11-14-3-2-10-26-14/h12,14H,2-11,13H2,1H3,(H,20,21). The summed E-state index contributed by atoms with van der Waals surface area (Å²) >= 11 is 1.45. The van der Waals surface area contributed by atoms with E-state index in [2.05, 4.69) is 10.3 Å². The summed E-state index contributed by atoms with van der Waals surface area (Å²) < 4.78 is 5.73. The number of anilines is 1. The molecule has 1 aromatic rings. The number of carbonyl (C=O) groups is 2. The maximum atomic E-state index is 12.7. The number of hydrogen-bond acceptors (Lipinski definition) is 6. The normalized spacial score (nSPS) is 25.2. The smallest absolute Gasteiger partial charge is 0.273 e. The second-order valence-corrected chi connectivity index (χ2v) is 8.85. The predicted octanol–water partition coefficient (Wildman–Crippen LogP) is 2.21. The van der Waals surface area contributed by atoms with Gasteiger partial charge in [-0.2, -0.15) is 0 Å². The molecule has 1 N–H and O–H groups in total. The Bertz CT molecular complexity index is 693. The summed E-state index contributed by atoms with van der Waals surface area (Å²) in [5.41, 5.74) is 0.681. The SMILES string of the molecule is CNc1nc(C(=O)N2CCC3(CCC(=O)N(CC4CCCO4)C3)CC2)cs1. The number of nitrogens with one attached hydrogen (secondary N) is 1. The van der Waals surface area contributed by atoms with Gasteiger partial charge in [0.2, 0.25) is 5.91 Å². The number of piperidine rings is 2. The maximum Gasteiger partial charge on any atom is 0.273 e. The van der Waals surface area contributed by atoms with Crippen LogP contribution in [0.1, 0.15) is 49.0 Å². The summed E-state index contributed by atoms with van der Waals surface area (Å²) in [6.07, 6.45) is 5.84. The van der Waals surface area contributed by atoms with E-state index in [-0.39, 0.29) is 23.3 Å². The molecule has 27 heavy (non-hydrogen) atoms. The second kappa shape index (κ2) is 7.75. The average Bonchev–Trinajstić information content (AvgIpc) is 3.37. The molecule has 0 aliphatic carbocycles. The van der Waals surface area contributed by atoms with Crippen LogP contribution in [0.2, 0.25) is 0 Å². The number of aromatic nitrogens is 1. The molecule has 4 rings (SSSR count). The van der Waals surface area contributed by atoms with E-state index in [0.717, 1.165) is 70.0 Å². The molecule has 0 bridgehead atoms. The molecule has 0 aromatic carbocycles. The topological polar surface area (TPSA) is 74.8 Å². The van der Waals surface area contributed by atoms with Crippen molar-refractivity contribution in [3.05, 3.63) is 11.1 Å². The van der Waals surface area contributed by atoms with Gasteiger partial charge in [-0.05, 0) is 37.5 Å². The molecule has 3 fully saturated rings. The zero-order valence-electron chi connectivity index (χ0n) is 15.9. The Balaban J connectivity index is 1.35. The number of carbonyl (C=O) groups excluding carboxylic acids is 2. The fourth-order valence-electron chi connectivity index (χ4n) is 4.54. The molecular weight excluding hydrogens is 364 g/mol. The Morgan fingerprint density at radius 1 is 1.41 bits per heavy atom. The van der Waals surface area contributed by atoms with E-state index >= 15 is 0 Å². The van der Waals surface area contributed by atoms with Crippen LogP contribution in [0.4, 0.5) is 5.13 Å². The van der Waals surface area contributed by atoms with E-state index < -0.39 is 0 Å². The molecule has 1 aromatic heterocycles. The molecule has 1 atom stereocenters. The van der Waals surface area contributed by atoms with Crippen molar-refractivity contribution in [2.75, 3.05) is 45.2 Å². The van der Waals surface area contributed by atoms with Crippen molar-refractivity contribution in [2.45, 2.75) is 44.6 Å². The third kappa shape index (κ3) is 3.96. The van der Waals surface area contributed by atoms with Crippen LogP contribution in [-0.2, 0) is 9.53 Å². The third-order valence-electron chi connectivity index (χ3n) is 6.24. The van der Waals surface area contributed by atoms with Crippen molar-refractivity contribution < 1.29 is 14.3 Å². The minimum Gasteiger partial charge on any atom is -0.376 e. The second-order valence-electron chi connectivity index (χ2n) is 7.99. The number of nitrogens with zero attached hydrogens (tertiary/aromatic N) is 3. The van der Waals surface area contributed by atoms with Gasteiger partial charge in [0.25, 0.3) is 5.91 Å². The molecule has 148 valence electrons. The summed E-state index contributed by atoms with van der Waals surface area (Å²) in [4.78, 5) is 33.4. The van der Waals surface area contributed by atoms with Gasteiger partial charge in [0, 0.05) is 51.6 Å². The van der Waals surface area contributed by atoms with Crippen LogP contribution in [0.15, 0.2) is 5.38 Å². The van der Waals surface area contributed by atoms with Crippen LogP contribution in [-0.4, -0.2) is 72.5 Å². The fourth-order valence-corrected chi connectivity index (χ4v) is 5.19. The molecule has 0 saturated carbocycles. The number of ether oxygens (including phenoxy) is 1. The first-order valence-corrected chi connectivity index (χ1v) is 10.8. The maximum absolute atomic E-state index is 12.7. The third-order valence-corrected chi connectivity index (χ3v) is 7.10. The number of amides is 2. The summed E-state index contributed by atoms with van der Waals surface area (Å²) in [6, 6.07) is 0. The Labute approximate surface area is 164 Å². The number of thiazole rings is 1. The van der Waals surface area contributed by atoms with Crippen molar-refractivity contribution in [3.63, 3.8) is 0 Å². The minimum absolute atomic E-state index is 0.0192. The van der Waals surface area contributed by atoms with Crippen LogP contribution in [0.5, 0.6) is 0 Å². The first-order valence-electron chi connectivity index (χ1n) is 9.90. The van der Waals surface area contributed by atoms with Gasteiger partial charge in [-0.15, -0.1) is 11.3 Å². The van der Waals surface area contributed by atoms with E-state index in [1.54, 1.807) is 0 Å². The Kier molecular flexibility index (Phi) is 5.36. The van der Waals surface area contributed by atoms with Crippen LogP contribution in [0, 0.1) is 5.41 Å². The molecule has 1 unspecified atom stereocenters. The highest BCUT2D eigenvalue weighted by Gasteiger charge is 2.42. The molecule has 7 nitrogen and oxygen atoms in total. The Hall–Kier alpha value is -1.67. The fraction of sp³-hybridized carbons (Fsp3) is 0.737. The van der Waals surface area contributed by atoms with Crippen molar-refractivity contribution in [3.8, 4) is 0 Å². The van der Waals surface area contributed by atoms with Crippen molar-refractivity contribution in [1.82, 2.24) is 14.8 Å². The lowest BCUT2D eigenvalue weighted by Gasteiger charge is -2.47. The van der Waals surface area contributed by atoms with E-state index in [9.17, 15) is 9.59 Å². The van der Waals surface area contributed by atoms with E-state index in [0.29, 0.717) is 12.1 Å². The van der Waals surface area contributed by atoms with Gasteiger partial charge in [-0.3, -0.25) is 9.59 Å². The van der Waals surface area contributed by atoms with Crippen molar-refractivity contribution >= 4 is 28.3 Å². The van der Waals surface area contributed by atoms with Gasteiger partial charge >= 0.3 is 0 Å². The zero-order chi connectivity index (χ0) is 18.9. The highest BCUT2D eigenvalue weighted by molar-refractivity contribution is 7.13. The Morgan fingerprint density at radius 3 is 2.89 bits per heavy atom. The van der Waals surface area contributed by atoms with Gasteiger partial charge in [-0.25, -0.2) is 4.98 Å². The van der Waals surface area contributed by atoms with Gasteiger partial charge in [0.1, 0.15) is 5.69 Å². The number of likely N-dealkylation sites (tertiary alicyclic amines) is 2. The summed E-state index contributed by atoms with van der Waals surface area (Å²) in [5, 5.41) is 5.57. The molecule has 3 aliphatic rings. The lowest BCUT2D eigenvalue weighted by atomic mass is 9.72. The molecule has 2 amide bonds. The monoisotopic (exact) mass is 392 g/mol. The van der Waals surface area contributed by atoms with E-state index in [1.165, 1.54) is 11.3 Å². The van der Waals surface area contributed by atoms with Gasteiger partial charge in [-0.1, -0.05) is 0 Å².